The minimum atomic E-state index is -0.579. The van der Waals surface area contributed by atoms with Crippen LogP contribution in [0.2, 0.25) is 0 Å². The van der Waals surface area contributed by atoms with Crippen LogP contribution in [-0.4, -0.2) is 11.9 Å². The van der Waals surface area contributed by atoms with E-state index in [1.807, 2.05) is 60.7 Å². The molecular weight excluding hydrogens is 412 g/mol. The number of rotatable bonds is 3. The van der Waals surface area contributed by atoms with Gasteiger partial charge in [-0.25, -0.2) is 0 Å². The van der Waals surface area contributed by atoms with E-state index in [2.05, 4.69) is 46.3 Å². The van der Waals surface area contributed by atoms with Crippen molar-refractivity contribution in [1.82, 2.24) is 0 Å². The van der Waals surface area contributed by atoms with Crippen molar-refractivity contribution in [3.63, 3.8) is 0 Å². The lowest BCUT2D eigenvalue weighted by Crippen LogP contribution is -2.30. The van der Waals surface area contributed by atoms with Gasteiger partial charge in [0.15, 0.2) is 6.10 Å². The van der Waals surface area contributed by atoms with E-state index in [9.17, 15) is 4.79 Å². The summed E-state index contributed by atoms with van der Waals surface area (Å²) in [5.41, 5.74) is 2.84. The second-order valence-electron chi connectivity index (χ2n) is 7.00. The third kappa shape index (κ3) is 2.83. The van der Waals surface area contributed by atoms with Crippen LogP contribution in [-0.2, 0) is 0 Å². The second kappa shape index (κ2) is 6.92. The molecule has 2 nitrogen and oxygen atoms in total. The van der Waals surface area contributed by atoms with E-state index in [4.69, 9.17) is 4.74 Å². The van der Waals surface area contributed by atoms with Gasteiger partial charge in [0.1, 0.15) is 5.75 Å². The SMILES string of the molecule is O=C(c1ccccc1)[C@H]1Oc2ccc3ccccc3c2[C@@H]1c1ccc(Br)cc1. The minimum Gasteiger partial charge on any atom is -0.481 e. The van der Waals surface area contributed by atoms with Gasteiger partial charge in [-0.15, -0.1) is 0 Å². The highest BCUT2D eigenvalue weighted by molar-refractivity contribution is 9.10. The molecule has 136 valence electrons. The molecule has 0 saturated heterocycles. The van der Waals surface area contributed by atoms with Gasteiger partial charge in [0.05, 0.1) is 5.92 Å². The first-order valence-electron chi connectivity index (χ1n) is 9.25. The normalized spacial score (nSPS) is 17.9. The number of ether oxygens (including phenoxy) is 1. The molecule has 28 heavy (non-hydrogen) atoms. The lowest BCUT2D eigenvalue weighted by atomic mass is 9.83. The number of carbonyl (C=O) groups excluding carboxylic acids is 1. The number of benzene rings is 4. The molecule has 3 heteroatoms. The summed E-state index contributed by atoms with van der Waals surface area (Å²) >= 11 is 3.51. The predicted molar refractivity (Wildman–Crippen MR) is 115 cm³/mol. The first-order chi connectivity index (χ1) is 13.7. The smallest absolute Gasteiger partial charge is 0.204 e. The van der Waals surface area contributed by atoms with Gasteiger partial charge < -0.3 is 4.74 Å². The lowest BCUT2D eigenvalue weighted by Gasteiger charge is -2.19. The Bertz CT molecular complexity index is 1170. The Kier molecular flexibility index (Phi) is 4.25. The number of carbonyl (C=O) groups is 1. The molecule has 0 aromatic heterocycles. The Morgan fingerprint density at radius 3 is 2.29 bits per heavy atom. The van der Waals surface area contributed by atoms with Crippen LogP contribution in [0.25, 0.3) is 10.8 Å². The third-order valence-electron chi connectivity index (χ3n) is 5.34. The maximum absolute atomic E-state index is 13.4. The van der Waals surface area contributed by atoms with Gasteiger partial charge in [-0.05, 0) is 34.5 Å². The van der Waals surface area contributed by atoms with Gasteiger partial charge in [-0.2, -0.15) is 0 Å². The molecule has 0 N–H and O–H groups in total. The Morgan fingerprint density at radius 1 is 0.786 bits per heavy atom. The molecule has 1 aliphatic heterocycles. The van der Waals surface area contributed by atoms with E-state index in [0.29, 0.717) is 5.56 Å². The summed E-state index contributed by atoms with van der Waals surface area (Å²) < 4.78 is 7.28. The molecule has 1 aliphatic rings. The molecular formula is C25H17BrO2. The number of Topliss-reactive ketones (excluding diaryl/α,β-unsaturated/α-hetero) is 1. The van der Waals surface area contributed by atoms with Gasteiger partial charge in [-0.1, -0.05) is 88.7 Å². The van der Waals surface area contributed by atoms with E-state index < -0.39 is 6.10 Å². The minimum absolute atomic E-state index is 0.00815. The van der Waals surface area contributed by atoms with E-state index in [-0.39, 0.29) is 11.7 Å². The molecule has 4 aromatic rings. The lowest BCUT2D eigenvalue weighted by molar-refractivity contribution is 0.0807. The Balaban J connectivity index is 1.70. The highest BCUT2D eigenvalue weighted by atomic mass is 79.9. The number of halogens is 1. The van der Waals surface area contributed by atoms with E-state index >= 15 is 0 Å². The van der Waals surface area contributed by atoms with Crippen molar-refractivity contribution in [1.29, 1.82) is 0 Å². The molecule has 0 bridgehead atoms. The van der Waals surface area contributed by atoms with Gasteiger partial charge >= 0.3 is 0 Å². The topological polar surface area (TPSA) is 26.3 Å². The van der Waals surface area contributed by atoms with Crippen molar-refractivity contribution in [3.05, 3.63) is 112 Å². The van der Waals surface area contributed by atoms with Crippen LogP contribution < -0.4 is 4.74 Å². The van der Waals surface area contributed by atoms with Gasteiger partial charge in [0.2, 0.25) is 5.78 Å². The molecule has 0 spiro atoms. The summed E-state index contributed by atoms with van der Waals surface area (Å²) in [6.07, 6.45) is -0.579. The van der Waals surface area contributed by atoms with Crippen LogP contribution >= 0.6 is 15.9 Å². The fraction of sp³-hybridized carbons (Fsp3) is 0.0800. The van der Waals surface area contributed by atoms with Crippen LogP contribution in [0, 0.1) is 0 Å². The first kappa shape index (κ1) is 17.2. The van der Waals surface area contributed by atoms with Crippen molar-refractivity contribution in [2.24, 2.45) is 0 Å². The summed E-state index contributed by atoms with van der Waals surface area (Å²) in [5, 5.41) is 2.29. The number of fused-ring (bicyclic) bond motifs is 3. The molecule has 0 unspecified atom stereocenters. The largest absolute Gasteiger partial charge is 0.481 e. The van der Waals surface area contributed by atoms with Crippen LogP contribution in [0.1, 0.15) is 27.4 Å². The monoisotopic (exact) mass is 428 g/mol. The molecule has 0 radical (unpaired) electrons. The summed E-state index contributed by atoms with van der Waals surface area (Å²) in [4.78, 5) is 13.4. The molecule has 0 aliphatic carbocycles. The average molecular weight is 429 g/mol. The zero-order valence-electron chi connectivity index (χ0n) is 15.0. The molecule has 0 amide bonds. The van der Waals surface area contributed by atoms with Gasteiger partial charge in [0, 0.05) is 15.6 Å². The highest BCUT2D eigenvalue weighted by Crippen LogP contribution is 2.47. The maximum Gasteiger partial charge on any atom is 0.204 e. The maximum atomic E-state index is 13.4. The van der Waals surface area contributed by atoms with Gasteiger partial charge in [0.25, 0.3) is 0 Å². The van der Waals surface area contributed by atoms with Crippen LogP contribution in [0.4, 0.5) is 0 Å². The Labute approximate surface area is 171 Å². The number of hydrogen-bond donors (Lipinski definition) is 0. The van der Waals surface area contributed by atoms with Crippen molar-refractivity contribution in [3.8, 4) is 5.75 Å². The quantitative estimate of drug-likeness (QED) is 0.354. The van der Waals surface area contributed by atoms with Crippen molar-refractivity contribution < 1.29 is 9.53 Å². The summed E-state index contributed by atoms with van der Waals surface area (Å²) in [7, 11) is 0. The summed E-state index contributed by atoms with van der Waals surface area (Å²) in [5.74, 6) is 0.650. The van der Waals surface area contributed by atoms with E-state index in [0.717, 1.165) is 32.1 Å². The fourth-order valence-electron chi connectivity index (χ4n) is 4.04. The average Bonchev–Trinajstić information content (AvgIpc) is 3.14. The molecule has 0 saturated carbocycles. The van der Waals surface area contributed by atoms with Crippen molar-refractivity contribution in [2.75, 3.05) is 0 Å². The first-order valence-corrected chi connectivity index (χ1v) is 10.0. The molecule has 5 rings (SSSR count). The van der Waals surface area contributed by atoms with E-state index in [1.165, 1.54) is 0 Å². The fourth-order valence-corrected chi connectivity index (χ4v) is 4.30. The zero-order valence-corrected chi connectivity index (χ0v) is 16.6. The van der Waals surface area contributed by atoms with Gasteiger partial charge in [-0.3, -0.25) is 4.79 Å². The van der Waals surface area contributed by atoms with Crippen LogP contribution in [0.5, 0.6) is 5.75 Å². The van der Waals surface area contributed by atoms with E-state index in [1.54, 1.807) is 0 Å². The number of ketones is 1. The second-order valence-corrected chi connectivity index (χ2v) is 7.91. The van der Waals surface area contributed by atoms with Crippen molar-refractivity contribution in [2.45, 2.75) is 12.0 Å². The standard InChI is InChI=1S/C25H17BrO2/c26-19-13-10-17(11-14-19)22-23-20-9-5-4-6-16(20)12-15-21(23)28-25(22)24(27)18-7-2-1-3-8-18/h1-15,22,25H/t22-,25-/m0/s1. The predicted octanol–water partition coefficient (Wildman–Crippen LogP) is 6.38. The van der Waals surface area contributed by atoms with Crippen LogP contribution in [0.3, 0.4) is 0 Å². The highest BCUT2D eigenvalue weighted by Gasteiger charge is 2.41. The molecule has 2 atom stereocenters. The summed E-state index contributed by atoms with van der Waals surface area (Å²) in [6.45, 7) is 0. The molecule has 1 heterocycles. The number of hydrogen-bond acceptors (Lipinski definition) is 2. The zero-order chi connectivity index (χ0) is 19.1. The summed E-state index contributed by atoms with van der Waals surface area (Å²) in [6, 6.07) is 29.9. The molecule has 0 fully saturated rings. The van der Waals surface area contributed by atoms with Crippen LogP contribution in [0.15, 0.2) is 95.5 Å². The molecule has 4 aromatic carbocycles. The Morgan fingerprint density at radius 2 is 1.50 bits per heavy atom. The third-order valence-corrected chi connectivity index (χ3v) is 5.87. The van der Waals surface area contributed by atoms with Crippen molar-refractivity contribution >= 4 is 32.5 Å². The Hall–Kier alpha value is -2.91.